The lowest BCUT2D eigenvalue weighted by Crippen LogP contribution is -2.46. The Bertz CT molecular complexity index is 624. The Morgan fingerprint density at radius 2 is 1.80 bits per heavy atom. The molecule has 3 heterocycles. The average Bonchev–Trinajstić information content (AvgIpc) is 3.07. The summed E-state index contributed by atoms with van der Waals surface area (Å²) in [5.74, 6) is 1.85. The summed E-state index contributed by atoms with van der Waals surface area (Å²) >= 11 is 0. The second-order valence-electron chi connectivity index (χ2n) is 8.84. The molecule has 25 heavy (non-hydrogen) atoms. The number of fused-ring (bicyclic) bond motifs is 1. The minimum Gasteiger partial charge on any atom is -0.366 e. The summed E-state index contributed by atoms with van der Waals surface area (Å²) in [5, 5.41) is 8.36. The maximum Gasteiger partial charge on any atom is 0.259 e. The molecule has 138 valence electrons. The topological polar surface area (TPSA) is 50.2 Å². The number of hydrogen-bond donors (Lipinski definition) is 1. The number of aromatic nitrogens is 2. The van der Waals surface area contributed by atoms with Crippen molar-refractivity contribution in [2.45, 2.75) is 83.2 Å². The summed E-state index contributed by atoms with van der Waals surface area (Å²) in [6.45, 7) is 6.29. The SMILES string of the molecule is CC1(C)CC(C2CCCCC2)Nc2c(C(=O)N3CCCCC3)cnn21. The molecule has 2 fully saturated rings. The number of piperidine rings is 1. The highest BCUT2D eigenvalue weighted by Crippen LogP contribution is 2.40. The van der Waals surface area contributed by atoms with Gasteiger partial charge >= 0.3 is 0 Å². The monoisotopic (exact) mass is 344 g/mol. The molecule has 1 unspecified atom stereocenters. The Morgan fingerprint density at radius 3 is 2.52 bits per heavy atom. The fourth-order valence-corrected chi connectivity index (χ4v) is 5.04. The number of anilines is 1. The van der Waals surface area contributed by atoms with Crippen LogP contribution in [0.15, 0.2) is 6.20 Å². The van der Waals surface area contributed by atoms with Crippen LogP contribution in [0.4, 0.5) is 5.82 Å². The van der Waals surface area contributed by atoms with E-state index in [0.717, 1.165) is 49.7 Å². The molecule has 0 bridgehead atoms. The van der Waals surface area contributed by atoms with Crippen LogP contribution in [-0.2, 0) is 5.54 Å². The Morgan fingerprint density at radius 1 is 1.12 bits per heavy atom. The van der Waals surface area contributed by atoms with Gasteiger partial charge < -0.3 is 10.2 Å². The minimum atomic E-state index is -0.0386. The molecular weight excluding hydrogens is 312 g/mol. The van der Waals surface area contributed by atoms with Crippen molar-refractivity contribution >= 4 is 11.7 Å². The van der Waals surface area contributed by atoms with Crippen LogP contribution in [-0.4, -0.2) is 39.7 Å². The van der Waals surface area contributed by atoms with E-state index in [2.05, 4.69) is 28.9 Å². The quantitative estimate of drug-likeness (QED) is 0.882. The van der Waals surface area contributed by atoms with E-state index >= 15 is 0 Å². The van der Waals surface area contributed by atoms with Gasteiger partial charge in [-0.15, -0.1) is 0 Å². The van der Waals surface area contributed by atoms with Crippen molar-refractivity contribution in [3.05, 3.63) is 11.8 Å². The predicted octanol–water partition coefficient (Wildman–Crippen LogP) is 4.01. The smallest absolute Gasteiger partial charge is 0.259 e. The normalized spacial score (nSPS) is 26.8. The van der Waals surface area contributed by atoms with Crippen LogP contribution < -0.4 is 5.32 Å². The van der Waals surface area contributed by atoms with Gasteiger partial charge in [-0.3, -0.25) is 4.79 Å². The second-order valence-corrected chi connectivity index (χ2v) is 8.84. The van der Waals surface area contributed by atoms with Gasteiger partial charge in [0, 0.05) is 19.1 Å². The molecule has 1 atom stereocenters. The van der Waals surface area contributed by atoms with Crippen LogP contribution in [0.25, 0.3) is 0 Å². The number of carbonyl (C=O) groups is 1. The molecular formula is C20H32N4O. The van der Waals surface area contributed by atoms with Gasteiger partial charge in [-0.1, -0.05) is 19.3 Å². The van der Waals surface area contributed by atoms with Crippen molar-refractivity contribution < 1.29 is 4.79 Å². The van der Waals surface area contributed by atoms with Crippen LogP contribution in [0, 0.1) is 5.92 Å². The predicted molar refractivity (Wildman–Crippen MR) is 99.9 cm³/mol. The first kappa shape index (κ1) is 16.9. The van der Waals surface area contributed by atoms with E-state index in [1.54, 1.807) is 6.20 Å². The number of likely N-dealkylation sites (tertiary alicyclic amines) is 1. The molecule has 1 saturated carbocycles. The number of nitrogens with zero attached hydrogens (tertiary/aromatic N) is 3. The Hall–Kier alpha value is -1.52. The third kappa shape index (κ3) is 3.18. The van der Waals surface area contributed by atoms with E-state index in [1.165, 1.54) is 38.5 Å². The van der Waals surface area contributed by atoms with Gasteiger partial charge in [-0.25, -0.2) is 4.68 Å². The number of rotatable bonds is 2. The van der Waals surface area contributed by atoms with Gasteiger partial charge in [0.25, 0.3) is 5.91 Å². The van der Waals surface area contributed by atoms with Crippen molar-refractivity contribution in [1.82, 2.24) is 14.7 Å². The molecule has 4 rings (SSSR count). The van der Waals surface area contributed by atoms with Crippen molar-refractivity contribution in [2.24, 2.45) is 5.92 Å². The van der Waals surface area contributed by atoms with Gasteiger partial charge in [-0.2, -0.15) is 5.10 Å². The first-order chi connectivity index (χ1) is 12.1. The van der Waals surface area contributed by atoms with E-state index in [9.17, 15) is 4.79 Å². The molecule has 1 N–H and O–H groups in total. The lowest BCUT2D eigenvalue weighted by Gasteiger charge is -2.42. The third-order valence-electron chi connectivity index (χ3n) is 6.48. The maximum atomic E-state index is 13.1. The molecule has 5 nitrogen and oxygen atoms in total. The third-order valence-corrected chi connectivity index (χ3v) is 6.48. The van der Waals surface area contributed by atoms with Gasteiger partial charge in [0.1, 0.15) is 11.4 Å². The Balaban J connectivity index is 1.60. The van der Waals surface area contributed by atoms with E-state index in [0.29, 0.717) is 6.04 Å². The van der Waals surface area contributed by atoms with Crippen molar-refractivity contribution in [3.63, 3.8) is 0 Å². The molecule has 1 aromatic heterocycles. The standard InChI is InChI=1S/C20H32N4O/c1-20(2)13-17(15-9-5-3-6-10-15)22-18-16(14-21-24(18)20)19(25)23-11-7-4-8-12-23/h14-15,17,22H,3-13H2,1-2H3. The molecule has 1 aromatic rings. The Kier molecular flexibility index (Phi) is 4.50. The van der Waals surface area contributed by atoms with Crippen molar-refractivity contribution in [1.29, 1.82) is 0 Å². The minimum absolute atomic E-state index is 0.0386. The van der Waals surface area contributed by atoms with Gasteiger partial charge in [-0.05, 0) is 58.3 Å². The Labute approximate surface area is 151 Å². The lowest BCUT2D eigenvalue weighted by molar-refractivity contribution is 0.0724. The second kappa shape index (κ2) is 6.65. The van der Waals surface area contributed by atoms with E-state index in [4.69, 9.17) is 0 Å². The zero-order valence-electron chi connectivity index (χ0n) is 15.8. The molecule has 2 aliphatic heterocycles. The van der Waals surface area contributed by atoms with Crippen molar-refractivity contribution in [2.75, 3.05) is 18.4 Å². The molecule has 5 heteroatoms. The molecule has 0 aromatic carbocycles. The van der Waals surface area contributed by atoms with E-state index in [1.807, 2.05) is 4.90 Å². The molecule has 0 radical (unpaired) electrons. The molecule has 1 amide bonds. The molecule has 1 saturated heterocycles. The summed E-state index contributed by atoms with van der Waals surface area (Å²) in [6.07, 6.45) is 13.1. The molecule has 1 aliphatic carbocycles. The molecule has 3 aliphatic rings. The zero-order chi connectivity index (χ0) is 17.4. The first-order valence-electron chi connectivity index (χ1n) is 10.2. The largest absolute Gasteiger partial charge is 0.366 e. The summed E-state index contributed by atoms with van der Waals surface area (Å²) < 4.78 is 2.06. The zero-order valence-corrected chi connectivity index (χ0v) is 15.8. The number of amides is 1. The van der Waals surface area contributed by atoms with E-state index < -0.39 is 0 Å². The van der Waals surface area contributed by atoms with E-state index in [-0.39, 0.29) is 11.4 Å². The molecule has 0 spiro atoms. The van der Waals surface area contributed by atoms with Crippen LogP contribution in [0.3, 0.4) is 0 Å². The van der Waals surface area contributed by atoms with Gasteiger partial charge in [0.2, 0.25) is 0 Å². The van der Waals surface area contributed by atoms with Crippen LogP contribution in [0.2, 0.25) is 0 Å². The van der Waals surface area contributed by atoms with Crippen LogP contribution >= 0.6 is 0 Å². The van der Waals surface area contributed by atoms with Crippen LogP contribution in [0.5, 0.6) is 0 Å². The summed E-state index contributed by atoms with van der Waals surface area (Å²) in [6, 6.07) is 0.465. The van der Waals surface area contributed by atoms with Crippen LogP contribution in [0.1, 0.15) is 82.0 Å². The summed E-state index contributed by atoms with van der Waals surface area (Å²) in [5.41, 5.74) is 0.735. The highest BCUT2D eigenvalue weighted by molar-refractivity contribution is 5.99. The van der Waals surface area contributed by atoms with Gasteiger partial charge in [0.15, 0.2) is 0 Å². The average molecular weight is 345 g/mol. The maximum absolute atomic E-state index is 13.1. The number of carbonyl (C=O) groups excluding carboxylic acids is 1. The first-order valence-corrected chi connectivity index (χ1v) is 10.2. The fourth-order valence-electron chi connectivity index (χ4n) is 5.04. The highest BCUT2D eigenvalue weighted by Gasteiger charge is 2.39. The summed E-state index contributed by atoms with van der Waals surface area (Å²) in [7, 11) is 0. The highest BCUT2D eigenvalue weighted by atomic mass is 16.2. The van der Waals surface area contributed by atoms with Gasteiger partial charge in [0.05, 0.1) is 11.7 Å². The lowest BCUT2D eigenvalue weighted by atomic mass is 9.78. The number of nitrogens with one attached hydrogen (secondary N) is 1. The van der Waals surface area contributed by atoms with Crippen molar-refractivity contribution in [3.8, 4) is 0 Å². The fraction of sp³-hybridized carbons (Fsp3) is 0.800. The number of hydrogen-bond acceptors (Lipinski definition) is 3. The summed E-state index contributed by atoms with van der Waals surface area (Å²) in [4.78, 5) is 15.1.